The van der Waals surface area contributed by atoms with Crippen LogP contribution in [0.4, 0.5) is 30.7 Å². The second-order valence-electron chi connectivity index (χ2n) is 7.31. The highest BCUT2D eigenvalue weighted by Crippen LogP contribution is 2.36. The zero-order chi connectivity index (χ0) is 25.0. The third-order valence-corrected chi connectivity index (χ3v) is 4.25. The Labute approximate surface area is 184 Å². The number of alkyl halides is 6. The summed E-state index contributed by atoms with van der Waals surface area (Å²) < 4.78 is 92.9. The summed E-state index contributed by atoms with van der Waals surface area (Å²) in [5.74, 6) is -2.84. The van der Waals surface area contributed by atoms with Crippen molar-refractivity contribution in [2.45, 2.75) is 38.3 Å². The molecule has 0 saturated carbocycles. The van der Waals surface area contributed by atoms with Crippen molar-refractivity contribution in [2.24, 2.45) is 0 Å². The number of carbonyl (C=O) groups is 2. The lowest BCUT2D eigenvalue weighted by Gasteiger charge is -2.22. The third kappa shape index (κ3) is 7.33. The molecule has 1 atom stereocenters. The quantitative estimate of drug-likeness (QED) is 0.433. The van der Waals surface area contributed by atoms with Gasteiger partial charge in [0.25, 0.3) is 5.91 Å². The molecule has 2 rings (SSSR count). The summed E-state index contributed by atoms with van der Waals surface area (Å²) >= 11 is 0. The maximum absolute atomic E-state index is 14.2. The lowest BCUT2D eigenvalue weighted by molar-refractivity contribution is -0.162. The molecule has 0 aromatic heterocycles. The van der Waals surface area contributed by atoms with Gasteiger partial charge in [0.1, 0.15) is 5.82 Å². The summed E-state index contributed by atoms with van der Waals surface area (Å²) in [7, 11) is 0. The number of hydrogen-bond acceptors (Lipinski definition) is 2. The Morgan fingerprint density at radius 2 is 1.61 bits per heavy atom. The molecule has 2 amide bonds. The fraction of sp³-hybridized carbons (Fsp3) is 0.273. The van der Waals surface area contributed by atoms with Crippen LogP contribution in [0.15, 0.2) is 48.5 Å². The average molecular weight is 476 g/mol. The van der Waals surface area contributed by atoms with Crippen LogP contribution < -0.4 is 10.6 Å². The first-order valence-electron chi connectivity index (χ1n) is 9.51. The summed E-state index contributed by atoms with van der Waals surface area (Å²) in [5, 5.41) is 4.11. The third-order valence-electron chi connectivity index (χ3n) is 4.25. The summed E-state index contributed by atoms with van der Waals surface area (Å²) in [4.78, 5) is 23.9. The first kappa shape index (κ1) is 25.9. The van der Waals surface area contributed by atoms with Gasteiger partial charge in [0.2, 0.25) is 5.91 Å². The Kier molecular flexibility index (Phi) is 7.89. The SMILES string of the molecule is CC(C)NC(=O)c1ccc(/C=C/C(=O)NC(c2cccc(C(F)(F)F)c2)C(F)(F)F)cc1F. The van der Waals surface area contributed by atoms with Crippen molar-refractivity contribution in [3.63, 3.8) is 0 Å². The standard InChI is InChI=1S/C22H19F7N2O2/c1-12(2)30-20(33)16-8-6-13(10-17(16)23)7-9-18(32)31-19(22(27,28)29)14-4-3-5-15(11-14)21(24,25)26/h3-12,19H,1-2H3,(H,30,33)(H,31,32)/b9-7+. The van der Waals surface area contributed by atoms with Gasteiger partial charge in [-0.05, 0) is 55.3 Å². The number of carbonyl (C=O) groups excluding carboxylic acids is 2. The predicted molar refractivity (Wildman–Crippen MR) is 106 cm³/mol. The Morgan fingerprint density at radius 1 is 0.939 bits per heavy atom. The van der Waals surface area contributed by atoms with E-state index in [2.05, 4.69) is 5.32 Å². The first-order valence-corrected chi connectivity index (χ1v) is 9.51. The van der Waals surface area contributed by atoms with Crippen molar-refractivity contribution in [2.75, 3.05) is 0 Å². The molecule has 0 heterocycles. The highest BCUT2D eigenvalue weighted by molar-refractivity contribution is 5.95. The van der Waals surface area contributed by atoms with Gasteiger partial charge in [-0.25, -0.2) is 4.39 Å². The van der Waals surface area contributed by atoms with E-state index in [1.165, 1.54) is 6.07 Å². The first-order chi connectivity index (χ1) is 15.2. The Hall–Kier alpha value is -3.37. The number of halogens is 7. The van der Waals surface area contributed by atoms with Crippen LogP contribution in [0.3, 0.4) is 0 Å². The van der Waals surface area contributed by atoms with Crippen molar-refractivity contribution in [1.29, 1.82) is 0 Å². The lowest BCUT2D eigenvalue weighted by atomic mass is 10.0. The molecule has 0 saturated heterocycles. The summed E-state index contributed by atoms with van der Waals surface area (Å²) in [6, 6.07) is 2.92. The predicted octanol–water partition coefficient (Wildman–Crippen LogP) is 5.42. The minimum Gasteiger partial charge on any atom is -0.350 e. The van der Waals surface area contributed by atoms with Crippen molar-refractivity contribution >= 4 is 17.9 Å². The molecule has 0 aliphatic carbocycles. The van der Waals surface area contributed by atoms with E-state index >= 15 is 0 Å². The molecule has 0 radical (unpaired) electrons. The molecule has 4 nitrogen and oxygen atoms in total. The van der Waals surface area contributed by atoms with Crippen LogP contribution in [0.25, 0.3) is 6.08 Å². The van der Waals surface area contributed by atoms with E-state index in [1.54, 1.807) is 19.2 Å². The fourth-order valence-corrected chi connectivity index (χ4v) is 2.77. The van der Waals surface area contributed by atoms with E-state index < -0.39 is 47.2 Å². The zero-order valence-corrected chi connectivity index (χ0v) is 17.3. The van der Waals surface area contributed by atoms with Gasteiger partial charge in [-0.1, -0.05) is 18.2 Å². The molecule has 1 unspecified atom stereocenters. The molecule has 0 spiro atoms. The Bertz CT molecular complexity index is 1040. The van der Waals surface area contributed by atoms with Crippen LogP contribution in [0.1, 0.15) is 46.9 Å². The Balaban J connectivity index is 2.20. The Morgan fingerprint density at radius 3 is 2.15 bits per heavy atom. The van der Waals surface area contributed by atoms with Crippen LogP contribution in [0, 0.1) is 5.82 Å². The molecular weight excluding hydrogens is 457 g/mol. The van der Waals surface area contributed by atoms with Gasteiger partial charge in [0.05, 0.1) is 11.1 Å². The molecule has 2 aromatic rings. The second kappa shape index (κ2) is 10.1. The molecule has 11 heteroatoms. The minimum absolute atomic E-state index is 0.0753. The molecule has 2 N–H and O–H groups in total. The fourth-order valence-electron chi connectivity index (χ4n) is 2.77. The maximum atomic E-state index is 14.2. The van der Waals surface area contributed by atoms with Gasteiger partial charge in [0, 0.05) is 12.1 Å². The highest BCUT2D eigenvalue weighted by atomic mass is 19.4. The van der Waals surface area contributed by atoms with Crippen molar-refractivity contribution in [3.8, 4) is 0 Å². The topological polar surface area (TPSA) is 58.2 Å². The van der Waals surface area contributed by atoms with E-state index in [1.807, 2.05) is 0 Å². The van der Waals surface area contributed by atoms with Crippen LogP contribution in [0.5, 0.6) is 0 Å². The van der Waals surface area contributed by atoms with E-state index in [0.29, 0.717) is 18.2 Å². The second-order valence-corrected chi connectivity index (χ2v) is 7.31. The zero-order valence-electron chi connectivity index (χ0n) is 17.3. The number of rotatable bonds is 6. The number of benzene rings is 2. The normalized spacial score (nSPS) is 13.3. The van der Waals surface area contributed by atoms with Gasteiger partial charge >= 0.3 is 12.4 Å². The van der Waals surface area contributed by atoms with Crippen LogP contribution in [-0.4, -0.2) is 24.0 Å². The molecule has 0 aliphatic heterocycles. The molecule has 178 valence electrons. The molecule has 0 fully saturated rings. The largest absolute Gasteiger partial charge is 0.416 e. The average Bonchev–Trinajstić information content (AvgIpc) is 2.68. The van der Waals surface area contributed by atoms with Crippen LogP contribution in [0.2, 0.25) is 0 Å². The van der Waals surface area contributed by atoms with Crippen molar-refractivity contribution < 1.29 is 40.3 Å². The summed E-state index contributed by atoms with van der Waals surface area (Å²) in [6.07, 6.45) is -8.26. The number of nitrogens with one attached hydrogen (secondary N) is 2. The molecule has 0 aliphatic rings. The van der Waals surface area contributed by atoms with Crippen LogP contribution >= 0.6 is 0 Å². The van der Waals surface area contributed by atoms with E-state index in [4.69, 9.17) is 0 Å². The maximum Gasteiger partial charge on any atom is 0.416 e. The van der Waals surface area contributed by atoms with E-state index in [9.17, 15) is 40.3 Å². The van der Waals surface area contributed by atoms with Gasteiger partial charge < -0.3 is 10.6 Å². The van der Waals surface area contributed by atoms with Crippen LogP contribution in [-0.2, 0) is 11.0 Å². The highest BCUT2D eigenvalue weighted by Gasteiger charge is 2.42. The molecule has 2 aromatic carbocycles. The molecule has 33 heavy (non-hydrogen) atoms. The number of amides is 2. The lowest BCUT2D eigenvalue weighted by Crippen LogP contribution is -2.37. The van der Waals surface area contributed by atoms with Crippen molar-refractivity contribution in [1.82, 2.24) is 10.6 Å². The monoisotopic (exact) mass is 476 g/mol. The molecule has 0 bridgehead atoms. The number of hydrogen-bond donors (Lipinski definition) is 2. The molecular formula is C22H19F7N2O2. The van der Waals surface area contributed by atoms with Gasteiger partial charge in [0.15, 0.2) is 6.04 Å². The smallest absolute Gasteiger partial charge is 0.350 e. The summed E-state index contributed by atoms with van der Waals surface area (Å²) in [5.41, 5.74) is -2.28. The van der Waals surface area contributed by atoms with Gasteiger partial charge in [-0.3, -0.25) is 9.59 Å². The van der Waals surface area contributed by atoms with E-state index in [-0.39, 0.29) is 17.2 Å². The van der Waals surface area contributed by atoms with Gasteiger partial charge in [-0.15, -0.1) is 0 Å². The van der Waals surface area contributed by atoms with E-state index in [0.717, 1.165) is 30.3 Å². The minimum atomic E-state index is -5.08. The van der Waals surface area contributed by atoms with Crippen molar-refractivity contribution in [3.05, 3.63) is 76.6 Å². The summed E-state index contributed by atoms with van der Waals surface area (Å²) in [6.45, 7) is 3.36. The van der Waals surface area contributed by atoms with Gasteiger partial charge in [-0.2, -0.15) is 26.3 Å².